The molecule has 29 heavy (non-hydrogen) atoms. The van der Waals surface area contributed by atoms with Crippen molar-refractivity contribution in [1.29, 1.82) is 0 Å². The van der Waals surface area contributed by atoms with Crippen LogP contribution in [0.4, 0.5) is 0 Å². The average molecular weight is 460 g/mol. The molecule has 0 saturated heterocycles. The minimum atomic E-state index is -0.0700. The maximum atomic E-state index is 12.1. The molecule has 152 valence electrons. The number of benzene rings is 2. The normalized spacial score (nSPS) is 10.6. The number of aromatic nitrogens is 2. The van der Waals surface area contributed by atoms with Gasteiger partial charge in [-0.2, -0.15) is 4.98 Å². The Labute approximate surface area is 177 Å². The summed E-state index contributed by atoms with van der Waals surface area (Å²) in [5, 5.41) is 6.90. The Hall–Kier alpha value is -2.87. The molecule has 1 aromatic heterocycles. The van der Waals surface area contributed by atoms with Crippen LogP contribution in [0.25, 0.3) is 11.4 Å². The third-order valence-electron chi connectivity index (χ3n) is 4.14. The molecule has 0 bridgehead atoms. The Morgan fingerprint density at radius 1 is 1.24 bits per heavy atom. The molecule has 8 heteroatoms. The van der Waals surface area contributed by atoms with Crippen LogP contribution in [0.5, 0.6) is 11.5 Å². The van der Waals surface area contributed by atoms with Crippen LogP contribution >= 0.6 is 15.9 Å². The highest BCUT2D eigenvalue weighted by atomic mass is 79.9. The Balaban J connectivity index is 1.61. The first-order valence-corrected chi connectivity index (χ1v) is 10.0. The minimum Gasteiger partial charge on any atom is -0.492 e. The number of aryl methyl sites for hydroxylation is 1. The number of ether oxygens (including phenoxy) is 2. The van der Waals surface area contributed by atoms with Crippen LogP contribution in [-0.4, -0.2) is 29.8 Å². The summed E-state index contributed by atoms with van der Waals surface area (Å²) in [6, 6.07) is 13.4. The number of carbonyl (C=O) groups excluding carboxylic acids is 1. The van der Waals surface area contributed by atoms with Crippen molar-refractivity contribution in [3.8, 4) is 22.9 Å². The lowest BCUT2D eigenvalue weighted by atomic mass is 10.2. The van der Waals surface area contributed by atoms with Crippen molar-refractivity contribution in [3.63, 3.8) is 0 Å². The lowest BCUT2D eigenvalue weighted by molar-refractivity contribution is -0.121. The van der Waals surface area contributed by atoms with Crippen LogP contribution in [-0.2, 0) is 17.8 Å². The molecule has 3 rings (SSSR count). The third-order valence-corrected chi connectivity index (χ3v) is 4.73. The molecule has 0 fully saturated rings. The molecule has 2 aromatic carbocycles. The first-order chi connectivity index (χ1) is 14.1. The largest absolute Gasteiger partial charge is 0.492 e. The van der Waals surface area contributed by atoms with Crippen molar-refractivity contribution in [2.75, 3.05) is 13.7 Å². The predicted octanol–water partition coefficient (Wildman–Crippen LogP) is 4.16. The molecular weight excluding hydrogens is 438 g/mol. The second-order valence-corrected chi connectivity index (χ2v) is 7.05. The number of nitrogens with one attached hydrogen (secondary N) is 1. The monoisotopic (exact) mass is 459 g/mol. The summed E-state index contributed by atoms with van der Waals surface area (Å²) in [7, 11) is 1.58. The van der Waals surface area contributed by atoms with Crippen molar-refractivity contribution in [1.82, 2.24) is 15.5 Å². The number of rotatable bonds is 9. The molecule has 1 amide bonds. The summed E-state index contributed by atoms with van der Waals surface area (Å²) >= 11 is 3.47. The lowest BCUT2D eigenvalue weighted by Crippen LogP contribution is -2.22. The summed E-state index contributed by atoms with van der Waals surface area (Å²) in [4.78, 5) is 16.5. The summed E-state index contributed by atoms with van der Waals surface area (Å²) in [6.07, 6.45) is 0.633. The van der Waals surface area contributed by atoms with Crippen LogP contribution < -0.4 is 14.8 Å². The second-order valence-electron chi connectivity index (χ2n) is 6.20. The Morgan fingerprint density at radius 2 is 2.03 bits per heavy atom. The molecule has 1 N–H and O–H groups in total. The first kappa shape index (κ1) is 20.9. The van der Waals surface area contributed by atoms with E-state index in [0.717, 1.165) is 15.6 Å². The summed E-state index contributed by atoms with van der Waals surface area (Å²) < 4.78 is 17.0. The Bertz CT molecular complexity index is 960. The fourth-order valence-electron chi connectivity index (χ4n) is 2.74. The number of carbonyl (C=O) groups is 1. The van der Waals surface area contributed by atoms with Gasteiger partial charge in [0.25, 0.3) is 0 Å². The number of amides is 1. The highest BCUT2D eigenvalue weighted by Crippen LogP contribution is 2.39. The molecule has 0 saturated carbocycles. The van der Waals surface area contributed by atoms with Gasteiger partial charge in [-0.25, -0.2) is 0 Å². The van der Waals surface area contributed by atoms with Crippen molar-refractivity contribution in [2.45, 2.75) is 26.3 Å². The Morgan fingerprint density at radius 3 is 2.76 bits per heavy atom. The molecule has 0 aliphatic heterocycles. The molecular formula is C21H22BrN3O4. The van der Waals surface area contributed by atoms with Gasteiger partial charge in [-0.05, 0) is 40.5 Å². The predicted molar refractivity (Wildman–Crippen MR) is 112 cm³/mol. The molecule has 0 spiro atoms. The maximum absolute atomic E-state index is 12.1. The lowest BCUT2D eigenvalue weighted by Gasteiger charge is -2.12. The van der Waals surface area contributed by atoms with Crippen LogP contribution in [0.15, 0.2) is 51.5 Å². The van der Waals surface area contributed by atoms with Gasteiger partial charge in [0.2, 0.25) is 17.6 Å². The van der Waals surface area contributed by atoms with Gasteiger partial charge in [0.15, 0.2) is 11.5 Å². The van der Waals surface area contributed by atoms with Crippen molar-refractivity contribution in [3.05, 3.63) is 58.4 Å². The molecule has 1 heterocycles. The third kappa shape index (κ3) is 5.57. The maximum Gasteiger partial charge on any atom is 0.227 e. The zero-order valence-corrected chi connectivity index (χ0v) is 17.9. The zero-order chi connectivity index (χ0) is 20.6. The van der Waals surface area contributed by atoms with Crippen molar-refractivity contribution >= 4 is 21.8 Å². The van der Waals surface area contributed by atoms with E-state index >= 15 is 0 Å². The van der Waals surface area contributed by atoms with Crippen LogP contribution in [0.1, 0.15) is 24.8 Å². The quantitative estimate of drug-likeness (QED) is 0.516. The van der Waals surface area contributed by atoms with Gasteiger partial charge in [-0.15, -0.1) is 0 Å². The fraction of sp³-hybridized carbons (Fsp3) is 0.286. The number of hydrogen-bond donors (Lipinski definition) is 1. The standard InChI is InChI=1S/C21H22BrN3O4/c1-3-28-17-12-15(11-16(22)20(17)27-2)21-24-19(29-25-21)10-9-18(26)23-13-14-7-5-4-6-8-14/h4-8,11-12H,3,9-10,13H2,1-2H3,(H,23,26). The summed E-state index contributed by atoms with van der Waals surface area (Å²) in [5.41, 5.74) is 1.78. The molecule has 0 radical (unpaired) electrons. The number of hydrogen-bond acceptors (Lipinski definition) is 6. The van der Waals surface area contributed by atoms with Gasteiger partial charge in [0, 0.05) is 24.9 Å². The summed E-state index contributed by atoms with van der Waals surface area (Å²) in [6.45, 7) is 2.89. The van der Waals surface area contributed by atoms with Gasteiger partial charge in [-0.1, -0.05) is 35.5 Å². The minimum absolute atomic E-state index is 0.0700. The van der Waals surface area contributed by atoms with E-state index in [9.17, 15) is 4.79 Å². The van der Waals surface area contributed by atoms with Crippen molar-refractivity contribution < 1.29 is 18.8 Å². The molecule has 0 aliphatic carbocycles. The van der Waals surface area contributed by atoms with Gasteiger partial charge >= 0.3 is 0 Å². The highest BCUT2D eigenvalue weighted by molar-refractivity contribution is 9.10. The van der Waals surface area contributed by atoms with E-state index in [-0.39, 0.29) is 12.3 Å². The molecule has 0 aliphatic rings. The van der Waals surface area contributed by atoms with E-state index in [0.29, 0.717) is 42.8 Å². The van der Waals surface area contributed by atoms with Crippen molar-refractivity contribution in [2.24, 2.45) is 0 Å². The van der Waals surface area contributed by atoms with Crippen LogP contribution in [0, 0.1) is 0 Å². The SMILES string of the molecule is CCOc1cc(-c2noc(CCC(=O)NCc3ccccc3)n2)cc(Br)c1OC. The topological polar surface area (TPSA) is 86.5 Å². The zero-order valence-electron chi connectivity index (χ0n) is 16.3. The van der Waals surface area contributed by atoms with Gasteiger partial charge in [0.05, 0.1) is 18.2 Å². The average Bonchev–Trinajstić information content (AvgIpc) is 3.21. The van der Waals surface area contributed by atoms with E-state index in [2.05, 4.69) is 31.4 Å². The van der Waals surface area contributed by atoms with E-state index < -0.39 is 0 Å². The van der Waals surface area contributed by atoms with Gasteiger partial charge < -0.3 is 19.3 Å². The molecule has 7 nitrogen and oxygen atoms in total. The van der Waals surface area contributed by atoms with Gasteiger partial charge in [0.1, 0.15) is 0 Å². The van der Waals surface area contributed by atoms with E-state index in [1.54, 1.807) is 13.2 Å². The van der Waals surface area contributed by atoms with Crippen LogP contribution in [0.2, 0.25) is 0 Å². The first-order valence-electron chi connectivity index (χ1n) is 9.24. The van der Waals surface area contributed by atoms with Crippen LogP contribution in [0.3, 0.4) is 0 Å². The summed E-state index contributed by atoms with van der Waals surface area (Å²) in [5.74, 6) is 1.95. The van der Waals surface area contributed by atoms with Gasteiger partial charge in [-0.3, -0.25) is 4.79 Å². The highest BCUT2D eigenvalue weighted by Gasteiger charge is 2.16. The van der Waals surface area contributed by atoms with E-state index in [4.69, 9.17) is 14.0 Å². The fourth-order valence-corrected chi connectivity index (χ4v) is 3.34. The number of nitrogens with zero attached hydrogens (tertiary/aromatic N) is 2. The van der Waals surface area contributed by atoms with E-state index in [1.807, 2.05) is 43.3 Å². The number of methoxy groups -OCH3 is 1. The number of halogens is 1. The molecule has 0 atom stereocenters. The second kappa shape index (κ2) is 10.1. The molecule has 3 aromatic rings. The smallest absolute Gasteiger partial charge is 0.227 e. The van der Waals surface area contributed by atoms with E-state index in [1.165, 1.54) is 0 Å². The molecule has 0 unspecified atom stereocenters. The Kier molecular flexibility index (Phi) is 7.24.